The highest BCUT2D eigenvalue weighted by Crippen LogP contribution is 2.21. The Hall–Kier alpha value is -2.08. The second-order valence-electron chi connectivity index (χ2n) is 4.66. The van der Waals surface area contributed by atoms with Crippen molar-refractivity contribution in [2.24, 2.45) is 0 Å². The Bertz CT molecular complexity index is 725. The van der Waals surface area contributed by atoms with Gasteiger partial charge in [0.2, 0.25) is 0 Å². The van der Waals surface area contributed by atoms with Crippen molar-refractivity contribution in [3.63, 3.8) is 0 Å². The highest BCUT2D eigenvalue weighted by molar-refractivity contribution is 7.98. The van der Waals surface area contributed by atoms with Crippen LogP contribution in [0.25, 0.3) is 5.65 Å². The first-order valence-electron chi connectivity index (χ1n) is 6.98. The molecule has 0 unspecified atom stereocenters. The van der Waals surface area contributed by atoms with Crippen molar-refractivity contribution in [3.8, 4) is 0 Å². The fourth-order valence-corrected chi connectivity index (χ4v) is 2.82. The average Bonchev–Trinajstić information content (AvgIpc) is 2.95. The van der Waals surface area contributed by atoms with Crippen LogP contribution in [-0.2, 0) is 5.75 Å². The standard InChI is InChI=1S/C15H17N5S/c1-2-7-16-12-6-8-17-13(10-12)11-21-15-19-18-14-5-3-4-9-20(14)15/h3-6,8-10H,2,7,11H2,1H3,(H,16,17). The molecule has 0 atom stereocenters. The average molecular weight is 299 g/mol. The van der Waals surface area contributed by atoms with Crippen molar-refractivity contribution in [2.45, 2.75) is 24.3 Å². The van der Waals surface area contributed by atoms with E-state index in [0.29, 0.717) is 0 Å². The minimum atomic E-state index is 0.775. The van der Waals surface area contributed by atoms with Crippen LogP contribution in [0.1, 0.15) is 19.0 Å². The highest BCUT2D eigenvalue weighted by atomic mass is 32.2. The number of rotatable bonds is 6. The summed E-state index contributed by atoms with van der Waals surface area (Å²) < 4.78 is 1.99. The van der Waals surface area contributed by atoms with E-state index in [4.69, 9.17) is 0 Å². The Labute approximate surface area is 127 Å². The van der Waals surface area contributed by atoms with Gasteiger partial charge in [0.25, 0.3) is 0 Å². The topological polar surface area (TPSA) is 55.1 Å². The minimum Gasteiger partial charge on any atom is -0.385 e. The van der Waals surface area contributed by atoms with Crippen LogP contribution in [0.4, 0.5) is 5.69 Å². The van der Waals surface area contributed by atoms with E-state index in [1.165, 1.54) is 0 Å². The summed E-state index contributed by atoms with van der Waals surface area (Å²) in [7, 11) is 0. The smallest absolute Gasteiger partial charge is 0.195 e. The second-order valence-corrected chi connectivity index (χ2v) is 5.61. The van der Waals surface area contributed by atoms with Gasteiger partial charge in [0, 0.05) is 30.4 Å². The third-order valence-corrected chi connectivity index (χ3v) is 4.00. The van der Waals surface area contributed by atoms with Gasteiger partial charge in [-0.15, -0.1) is 10.2 Å². The van der Waals surface area contributed by atoms with Crippen LogP contribution >= 0.6 is 11.8 Å². The van der Waals surface area contributed by atoms with Gasteiger partial charge in [-0.3, -0.25) is 9.38 Å². The normalized spacial score (nSPS) is 10.9. The largest absolute Gasteiger partial charge is 0.385 e. The molecule has 3 rings (SSSR count). The Kier molecular flexibility index (Phi) is 4.35. The molecule has 0 saturated carbocycles. The summed E-state index contributed by atoms with van der Waals surface area (Å²) >= 11 is 1.64. The Balaban J connectivity index is 1.70. The molecule has 21 heavy (non-hydrogen) atoms. The van der Waals surface area contributed by atoms with Crippen LogP contribution in [0.5, 0.6) is 0 Å². The summed E-state index contributed by atoms with van der Waals surface area (Å²) in [5, 5.41) is 12.6. The van der Waals surface area contributed by atoms with Gasteiger partial charge in [-0.25, -0.2) is 0 Å². The molecular weight excluding hydrogens is 282 g/mol. The van der Waals surface area contributed by atoms with Crippen molar-refractivity contribution in [1.29, 1.82) is 0 Å². The first-order chi connectivity index (χ1) is 10.4. The Morgan fingerprint density at radius 3 is 3.10 bits per heavy atom. The van der Waals surface area contributed by atoms with Crippen molar-refractivity contribution in [1.82, 2.24) is 19.6 Å². The molecular formula is C15H17N5S. The van der Waals surface area contributed by atoms with E-state index in [2.05, 4.69) is 33.5 Å². The summed E-state index contributed by atoms with van der Waals surface area (Å²) in [6.45, 7) is 3.13. The first-order valence-corrected chi connectivity index (χ1v) is 7.97. The Morgan fingerprint density at radius 2 is 2.19 bits per heavy atom. The quantitative estimate of drug-likeness (QED) is 0.708. The molecule has 1 N–H and O–H groups in total. The third kappa shape index (κ3) is 3.33. The number of aromatic nitrogens is 4. The predicted octanol–water partition coefficient (Wildman–Crippen LogP) is 3.24. The highest BCUT2D eigenvalue weighted by Gasteiger charge is 2.06. The maximum Gasteiger partial charge on any atom is 0.195 e. The van der Waals surface area contributed by atoms with Crippen molar-refractivity contribution in [2.75, 3.05) is 11.9 Å². The van der Waals surface area contributed by atoms with Crippen LogP contribution in [0.15, 0.2) is 47.9 Å². The van der Waals surface area contributed by atoms with Crippen LogP contribution in [0, 0.1) is 0 Å². The molecule has 3 aromatic heterocycles. The van der Waals surface area contributed by atoms with Gasteiger partial charge in [0.15, 0.2) is 10.8 Å². The van der Waals surface area contributed by atoms with Gasteiger partial charge >= 0.3 is 0 Å². The molecule has 0 amide bonds. The number of pyridine rings is 2. The molecule has 0 saturated heterocycles. The maximum atomic E-state index is 4.41. The third-order valence-electron chi connectivity index (χ3n) is 3.03. The summed E-state index contributed by atoms with van der Waals surface area (Å²) in [6.07, 6.45) is 4.93. The van der Waals surface area contributed by atoms with Gasteiger partial charge in [0.1, 0.15) is 0 Å². The fourth-order valence-electron chi connectivity index (χ4n) is 1.99. The number of hydrogen-bond acceptors (Lipinski definition) is 5. The fraction of sp³-hybridized carbons (Fsp3) is 0.267. The molecule has 6 heteroatoms. The van der Waals surface area contributed by atoms with E-state index in [1.54, 1.807) is 11.8 Å². The van der Waals surface area contributed by atoms with Crippen LogP contribution in [0.3, 0.4) is 0 Å². The molecule has 0 aliphatic heterocycles. The molecule has 0 aromatic carbocycles. The van der Waals surface area contributed by atoms with Gasteiger partial charge in [0.05, 0.1) is 5.69 Å². The monoisotopic (exact) mass is 299 g/mol. The summed E-state index contributed by atoms with van der Waals surface area (Å²) in [5.41, 5.74) is 3.02. The number of thioether (sulfide) groups is 1. The number of nitrogens with zero attached hydrogens (tertiary/aromatic N) is 4. The number of fused-ring (bicyclic) bond motifs is 1. The lowest BCUT2D eigenvalue weighted by Gasteiger charge is -2.06. The van der Waals surface area contributed by atoms with E-state index >= 15 is 0 Å². The van der Waals surface area contributed by atoms with Gasteiger partial charge < -0.3 is 5.32 Å². The van der Waals surface area contributed by atoms with Crippen molar-refractivity contribution < 1.29 is 0 Å². The molecule has 0 spiro atoms. The molecule has 0 bridgehead atoms. The molecule has 0 fully saturated rings. The lowest BCUT2D eigenvalue weighted by Crippen LogP contribution is -2.00. The van der Waals surface area contributed by atoms with Gasteiger partial charge in [-0.2, -0.15) is 0 Å². The van der Waals surface area contributed by atoms with Crippen LogP contribution in [0.2, 0.25) is 0 Å². The zero-order valence-electron chi connectivity index (χ0n) is 11.9. The van der Waals surface area contributed by atoms with E-state index < -0.39 is 0 Å². The molecule has 108 valence electrons. The van der Waals surface area contributed by atoms with E-state index in [-0.39, 0.29) is 0 Å². The SMILES string of the molecule is CCCNc1ccnc(CSc2nnc3ccccn23)c1. The summed E-state index contributed by atoms with van der Waals surface area (Å²) in [6, 6.07) is 9.98. The van der Waals surface area contributed by atoms with E-state index in [0.717, 1.165) is 40.9 Å². The minimum absolute atomic E-state index is 0.775. The maximum absolute atomic E-state index is 4.41. The van der Waals surface area contributed by atoms with Crippen LogP contribution < -0.4 is 5.32 Å². The zero-order chi connectivity index (χ0) is 14.5. The molecule has 0 aliphatic carbocycles. The number of hydrogen-bond donors (Lipinski definition) is 1. The first kappa shape index (κ1) is 13.9. The van der Waals surface area contributed by atoms with Crippen molar-refractivity contribution >= 4 is 23.1 Å². The molecule has 0 radical (unpaired) electrons. The van der Waals surface area contributed by atoms with Crippen molar-refractivity contribution in [3.05, 3.63) is 48.4 Å². The number of nitrogens with one attached hydrogen (secondary N) is 1. The van der Waals surface area contributed by atoms with Crippen LogP contribution in [-0.4, -0.2) is 26.1 Å². The molecule has 3 aromatic rings. The lowest BCUT2D eigenvalue weighted by atomic mass is 10.3. The van der Waals surface area contributed by atoms with Gasteiger partial charge in [-0.05, 0) is 30.7 Å². The van der Waals surface area contributed by atoms with E-state index in [9.17, 15) is 0 Å². The van der Waals surface area contributed by atoms with E-state index in [1.807, 2.05) is 41.1 Å². The summed E-state index contributed by atoms with van der Waals surface area (Å²) in [5.74, 6) is 0.775. The molecule has 5 nitrogen and oxygen atoms in total. The lowest BCUT2D eigenvalue weighted by molar-refractivity contribution is 0.920. The zero-order valence-corrected chi connectivity index (χ0v) is 12.7. The van der Waals surface area contributed by atoms with Gasteiger partial charge in [-0.1, -0.05) is 24.8 Å². The molecule has 3 heterocycles. The second kappa shape index (κ2) is 6.58. The predicted molar refractivity (Wildman–Crippen MR) is 85.6 cm³/mol. The molecule has 0 aliphatic rings. The summed E-state index contributed by atoms with van der Waals surface area (Å²) in [4.78, 5) is 4.41. The Morgan fingerprint density at radius 1 is 1.24 bits per heavy atom. The number of anilines is 1.